The van der Waals surface area contributed by atoms with E-state index in [0.29, 0.717) is 37.7 Å². The Kier molecular flexibility index (Phi) is 4.02. The van der Waals surface area contributed by atoms with Crippen LogP contribution < -0.4 is 4.90 Å². The quantitative estimate of drug-likeness (QED) is 0.937. The number of anilines is 1. The van der Waals surface area contributed by atoms with Gasteiger partial charge >= 0.3 is 5.97 Å². The average molecular weight is 311 g/mol. The zero-order valence-electron chi connectivity index (χ0n) is 12.8. The molecule has 2 heterocycles. The molecule has 118 valence electrons. The van der Waals surface area contributed by atoms with Crippen molar-refractivity contribution in [3.8, 4) is 17.5 Å². The van der Waals surface area contributed by atoms with Crippen molar-refractivity contribution in [3.63, 3.8) is 0 Å². The predicted octanol–water partition coefficient (Wildman–Crippen LogP) is 2.82. The number of carbonyl (C=O) groups is 1. The van der Waals surface area contributed by atoms with Gasteiger partial charge in [0.1, 0.15) is 6.07 Å². The van der Waals surface area contributed by atoms with Gasteiger partial charge in [0.05, 0.1) is 5.92 Å². The van der Waals surface area contributed by atoms with Crippen molar-refractivity contribution in [2.75, 3.05) is 18.0 Å². The molecule has 0 spiro atoms. The van der Waals surface area contributed by atoms with Crippen LogP contribution in [-0.2, 0) is 4.79 Å². The maximum absolute atomic E-state index is 11.0. The van der Waals surface area contributed by atoms with Crippen LogP contribution in [0.2, 0.25) is 0 Å². The third-order valence-corrected chi connectivity index (χ3v) is 4.22. The summed E-state index contributed by atoms with van der Waals surface area (Å²) >= 11 is 0. The number of rotatable bonds is 3. The van der Waals surface area contributed by atoms with E-state index < -0.39 is 5.97 Å². The van der Waals surface area contributed by atoms with Crippen LogP contribution in [0.3, 0.4) is 0 Å². The maximum Gasteiger partial charge on any atom is 0.306 e. The first-order valence-corrected chi connectivity index (χ1v) is 7.55. The van der Waals surface area contributed by atoms with E-state index in [1.807, 2.05) is 36.1 Å². The van der Waals surface area contributed by atoms with Gasteiger partial charge in [-0.1, -0.05) is 18.2 Å². The fourth-order valence-electron chi connectivity index (χ4n) is 2.86. The van der Waals surface area contributed by atoms with E-state index in [9.17, 15) is 10.1 Å². The third-order valence-electron chi connectivity index (χ3n) is 4.22. The largest absolute Gasteiger partial charge is 0.481 e. The summed E-state index contributed by atoms with van der Waals surface area (Å²) in [5.74, 6) is -0.219. The Balaban J connectivity index is 1.88. The molecule has 2 aromatic rings. The lowest BCUT2D eigenvalue weighted by Crippen LogP contribution is -2.36. The zero-order chi connectivity index (χ0) is 16.4. The second-order valence-electron chi connectivity index (χ2n) is 5.70. The summed E-state index contributed by atoms with van der Waals surface area (Å²) in [6.45, 7) is 3.06. The van der Waals surface area contributed by atoms with Crippen LogP contribution in [0.5, 0.6) is 0 Å². The van der Waals surface area contributed by atoms with Gasteiger partial charge in [-0.2, -0.15) is 10.2 Å². The summed E-state index contributed by atoms with van der Waals surface area (Å²) in [5, 5.41) is 18.4. The highest BCUT2D eigenvalue weighted by Crippen LogP contribution is 2.32. The number of hydrogen-bond donors (Lipinski definition) is 1. The van der Waals surface area contributed by atoms with Gasteiger partial charge in [0.25, 0.3) is 0 Å². The highest BCUT2D eigenvalue weighted by Gasteiger charge is 2.28. The van der Waals surface area contributed by atoms with Crippen LogP contribution in [0.1, 0.15) is 24.1 Å². The van der Waals surface area contributed by atoms with Crippen molar-refractivity contribution >= 4 is 11.9 Å². The number of aromatic nitrogens is 1. The molecule has 0 unspecified atom stereocenters. The molecular weight excluding hydrogens is 294 g/mol. The second kappa shape index (κ2) is 6.13. The first-order valence-electron chi connectivity index (χ1n) is 7.55. The molecule has 0 radical (unpaired) electrons. The molecule has 0 saturated carbocycles. The maximum atomic E-state index is 11.0. The molecule has 1 saturated heterocycles. The van der Waals surface area contributed by atoms with Crippen molar-refractivity contribution < 1.29 is 14.3 Å². The van der Waals surface area contributed by atoms with E-state index in [-0.39, 0.29) is 11.6 Å². The Morgan fingerprint density at radius 3 is 2.70 bits per heavy atom. The van der Waals surface area contributed by atoms with Crippen molar-refractivity contribution in [3.05, 3.63) is 35.5 Å². The van der Waals surface area contributed by atoms with Crippen molar-refractivity contribution in [1.82, 2.24) is 4.98 Å². The van der Waals surface area contributed by atoms with Crippen LogP contribution in [0.4, 0.5) is 5.88 Å². The molecule has 0 aliphatic carbocycles. The first kappa shape index (κ1) is 15.1. The molecule has 1 aliphatic heterocycles. The highest BCUT2D eigenvalue weighted by molar-refractivity contribution is 5.70. The van der Waals surface area contributed by atoms with E-state index in [4.69, 9.17) is 9.52 Å². The lowest BCUT2D eigenvalue weighted by Gasteiger charge is -2.29. The van der Waals surface area contributed by atoms with Crippen LogP contribution in [-0.4, -0.2) is 29.1 Å². The van der Waals surface area contributed by atoms with Crippen molar-refractivity contribution in [2.45, 2.75) is 19.8 Å². The molecule has 6 heteroatoms. The van der Waals surface area contributed by atoms with Gasteiger partial charge < -0.3 is 14.4 Å². The molecule has 0 bridgehead atoms. The minimum atomic E-state index is -0.761. The van der Waals surface area contributed by atoms with Crippen LogP contribution >= 0.6 is 0 Å². The Bertz CT molecular complexity index is 768. The van der Waals surface area contributed by atoms with Gasteiger partial charge in [0.15, 0.2) is 0 Å². The van der Waals surface area contributed by atoms with Gasteiger partial charge in [-0.3, -0.25) is 4.79 Å². The Labute approximate surface area is 134 Å². The molecule has 1 aromatic carbocycles. The summed E-state index contributed by atoms with van der Waals surface area (Å²) < 4.78 is 5.85. The lowest BCUT2D eigenvalue weighted by molar-refractivity contribution is -0.142. The summed E-state index contributed by atoms with van der Waals surface area (Å²) in [7, 11) is 0. The van der Waals surface area contributed by atoms with Gasteiger partial charge in [-0.15, -0.1) is 0 Å². The van der Waals surface area contributed by atoms with E-state index in [0.717, 1.165) is 11.1 Å². The lowest BCUT2D eigenvalue weighted by atomic mass is 9.97. The molecular formula is C17H17N3O3. The number of oxazole rings is 1. The molecule has 0 amide bonds. The SMILES string of the molecule is Cc1ccccc1-c1nc(C#N)c(N2CCC(C(=O)O)CC2)o1. The third kappa shape index (κ3) is 2.90. The number of carboxylic acid groups (broad SMARTS) is 1. The Morgan fingerprint density at radius 2 is 2.09 bits per heavy atom. The second-order valence-corrected chi connectivity index (χ2v) is 5.70. The van der Waals surface area contributed by atoms with E-state index in [2.05, 4.69) is 11.1 Å². The molecule has 1 aliphatic rings. The number of piperidine rings is 1. The number of nitrogens with zero attached hydrogens (tertiary/aromatic N) is 3. The average Bonchev–Trinajstić information content (AvgIpc) is 2.99. The normalized spacial score (nSPS) is 15.4. The van der Waals surface area contributed by atoms with Gasteiger partial charge in [-0.05, 0) is 31.4 Å². The summed E-state index contributed by atoms with van der Waals surface area (Å²) in [6, 6.07) is 9.78. The number of benzene rings is 1. The fraction of sp³-hybridized carbons (Fsp3) is 0.353. The Morgan fingerprint density at radius 1 is 1.39 bits per heavy atom. The zero-order valence-corrected chi connectivity index (χ0v) is 12.8. The summed E-state index contributed by atoms with van der Waals surface area (Å²) in [5.41, 5.74) is 2.13. The van der Waals surface area contributed by atoms with E-state index in [1.165, 1.54) is 0 Å². The fourth-order valence-corrected chi connectivity index (χ4v) is 2.86. The van der Waals surface area contributed by atoms with Crippen LogP contribution in [0.15, 0.2) is 28.7 Å². The summed E-state index contributed by atoms with van der Waals surface area (Å²) in [4.78, 5) is 17.3. The number of aryl methyl sites for hydroxylation is 1. The van der Waals surface area contributed by atoms with Gasteiger partial charge in [0, 0.05) is 18.7 Å². The molecule has 1 fully saturated rings. The van der Waals surface area contributed by atoms with Crippen molar-refractivity contribution in [1.29, 1.82) is 5.26 Å². The molecule has 1 aromatic heterocycles. The smallest absolute Gasteiger partial charge is 0.306 e. The molecule has 0 atom stereocenters. The molecule has 6 nitrogen and oxygen atoms in total. The Hall–Kier alpha value is -2.81. The molecule has 1 N–H and O–H groups in total. The minimum absolute atomic E-state index is 0.247. The highest BCUT2D eigenvalue weighted by atomic mass is 16.4. The number of hydrogen-bond acceptors (Lipinski definition) is 5. The monoisotopic (exact) mass is 311 g/mol. The van der Waals surface area contributed by atoms with Gasteiger partial charge in [0.2, 0.25) is 17.5 Å². The van der Waals surface area contributed by atoms with E-state index >= 15 is 0 Å². The van der Waals surface area contributed by atoms with Crippen LogP contribution in [0.25, 0.3) is 11.5 Å². The molecule has 3 rings (SSSR count). The van der Waals surface area contributed by atoms with E-state index in [1.54, 1.807) is 0 Å². The predicted molar refractivity (Wildman–Crippen MR) is 84.0 cm³/mol. The number of carboxylic acids is 1. The van der Waals surface area contributed by atoms with Gasteiger partial charge in [-0.25, -0.2) is 0 Å². The number of nitriles is 1. The topological polar surface area (TPSA) is 90.4 Å². The summed E-state index contributed by atoms with van der Waals surface area (Å²) in [6.07, 6.45) is 1.08. The van der Waals surface area contributed by atoms with Crippen molar-refractivity contribution in [2.24, 2.45) is 5.92 Å². The minimum Gasteiger partial charge on any atom is -0.481 e. The first-order chi connectivity index (χ1) is 11.1. The van der Waals surface area contributed by atoms with Crippen LogP contribution in [0, 0.1) is 24.2 Å². The number of aliphatic carboxylic acids is 1. The molecule has 23 heavy (non-hydrogen) atoms. The standard InChI is InChI=1S/C17H17N3O3/c1-11-4-2-3-5-13(11)15-19-14(10-18)16(23-15)20-8-6-12(7-9-20)17(21)22/h2-5,12H,6-9H2,1H3,(H,21,22).